The highest BCUT2D eigenvalue weighted by Gasteiger charge is 2.06. The van der Waals surface area contributed by atoms with E-state index in [4.69, 9.17) is 4.42 Å². The lowest BCUT2D eigenvalue weighted by Gasteiger charge is -1.94. The molecule has 0 atom stereocenters. The molecule has 5 nitrogen and oxygen atoms in total. The number of nitrogens with zero attached hydrogens (tertiary/aromatic N) is 1. The van der Waals surface area contributed by atoms with Crippen molar-refractivity contribution in [2.75, 3.05) is 0 Å². The fraction of sp³-hybridized carbons (Fsp3) is 0. The van der Waals surface area contributed by atoms with E-state index in [2.05, 4.69) is 15.5 Å². The van der Waals surface area contributed by atoms with Gasteiger partial charge in [0.05, 0.1) is 12.5 Å². The highest BCUT2D eigenvalue weighted by Crippen LogP contribution is 2.15. The minimum atomic E-state index is -0.374. The number of benzene rings is 1. The molecule has 0 spiro atoms. The third-order valence-corrected chi connectivity index (χ3v) is 2.74. The molecule has 2 heterocycles. The molecule has 0 aliphatic heterocycles. The predicted molar refractivity (Wildman–Crippen MR) is 72.1 cm³/mol. The molecule has 1 amide bonds. The Labute approximate surface area is 108 Å². The van der Waals surface area contributed by atoms with Crippen molar-refractivity contribution in [3.8, 4) is 0 Å². The summed E-state index contributed by atoms with van der Waals surface area (Å²) in [6, 6.07) is 11.1. The second-order valence-corrected chi connectivity index (χ2v) is 3.97. The summed E-state index contributed by atoms with van der Waals surface area (Å²) in [5.74, 6) is -0.142. The van der Waals surface area contributed by atoms with Gasteiger partial charge in [-0.2, -0.15) is 5.10 Å². The number of nitrogens with one attached hydrogen (secondary N) is 2. The molecule has 3 aromatic rings. The van der Waals surface area contributed by atoms with Gasteiger partial charge in [-0.1, -0.05) is 18.2 Å². The Morgan fingerprint density at radius 2 is 2.16 bits per heavy atom. The van der Waals surface area contributed by atoms with Crippen LogP contribution in [0.3, 0.4) is 0 Å². The number of para-hydroxylation sites is 1. The zero-order chi connectivity index (χ0) is 13.1. The van der Waals surface area contributed by atoms with E-state index in [1.54, 1.807) is 18.3 Å². The lowest BCUT2D eigenvalue weighted by atomic mass is 10.2. The number of carbonyl (C=O) groups is 1. The maximum atomic E-state index is 11.6. The van der Waals surface area contributed by atoms with Crippen molar-refractivity contribution < 1.29 is 9.21 Å². The van der Waals surface area contributed by atoms with Gasteiger partial charge in [0.15, 0.2) is 5.76 Å². The van der Waals surface area contributed by atoms with Crippen LogP contribution in [0.4, 0.5) is 0 Å². The zero-order valence-corrected chi connectivity index (χ0v) is 9.96. The van der Waals surface area contributed by atoms with Crippen molar-refractivity contribution in [3.05, 3.63) is 60.2 Å². The summed E-state index contributed by atoms with van der Waals surface area (Å²) in [4.78, 5) is 14.7. The molecule has 1 aromatic carbocycles. The smallest absolute Gasteiger partial charge is 0.307 e. The fourth-order valence-corrected chi connectivity index (χ4v) is 1.82. The summed E-state index contributed by atoms with van der Waals surface area (Å²) in [5.41, 5.74) is 4.35. The summed E-state index contributed by atoms with van der Waals surface area (Å²) in [6.07, 6.45) is 4.88. The Hall–Kier alpha value is -2.82. The number of hydrogen-bond acceptors (Lipinski definition) is 3. The van der Waals surface area contributed by atoms with Crippen molar-refractivity contribution >= 4 is 23.0 Å². The number of rotatable bonds is 3. The summed E-state index contributed by atoms with van der Waals surface area (Å²) in [5, 5.41) is 4.97. The van der Waals surface area contributed by atoms with Crippen molar-refractivity contribution in [1.29, 1.82) is 0 Å². The number of furan rings is 1. The van der Waals surface area contributed by atoms with Gasteiger partial charge in [0.1, 0.15) is 0 Å². The first-order chi connectivity index (χ1) is 9.34. The van der Waals surface area contributed by atoms with Crippen LogP contribution in [0.1, 0.15) is 16.1 Å². The summed E-state index contributed by atoms with van der Waals surface area (Å²) < 4.78 is 4.96. The molecule has 3 rings (SSSR count). The van der Waals surface area contributed by atoms with Crippen molar-refractivity contribution in [1.82, 2.24) is 10.4 Å². The van der Waals surface area contributed by atoms with Gasteiger partial charge in [-0.15, -0.1) is 0 Å². The minimum absolute atomic E-state index is 0.232. The molecule has 0 aliphatic rings. The first kappa shape index (κ1) is 11.3. The highest BCUT2D eigenvalue weighted by molar-refractivity contribution is 5.99. The topological polar surface area (TPSA) is 70.4 Å². The van der Waals surface area contributed by atoms with E-state index >= 15 is 0 Å². The maximum absolute atomic E-state index is 11.6. The van der Waals surface area contributed by atoms with Gasteiger partial charge >= 0.3 is 5.91 Å². The van der Waals surface area contributed by atoms with Gasteiger partial charge in [-0.25, -0.2) is 5.43 Å². The van der Waals surface area contributed by atoms with Crippen LogP contribution in [0.25, 0.3) is 10.9 Å². The van der Waals surface area contributed by atoms with E-state index in [9.17, 15) is 4.79 Å². The molecule has 2 aromatic heterocycles. The number of aromatic amines is 1. The van der Waals surface area contributed by atoms with Crippen LogP contribution in [-0.4, -0.2) is 17.1 Å². The normalized spacial score (nSPS) is 11.2. The Balaban J connectivity index is 1.75. The Morgan fingerprint density at radius 1 is 1.26 bits per heavy atom. The van der Waals surface area contributed by atoms with E-state index in [-0.39, 0.29) is 11.7 Å². The second kappa shape index (κ2) is 4.81. The number of fused-ring (bicyclic) bond motifs is 1. The average molecular weight is 253 g/mol. The quantitative estimate of drug-likeness (QED) is 0.556. The van der Waals surface area contributed by atoms with E-state index in [1.165, 1.54) is 6.26 Å². The van der Waals surface area contributed by atoms with E-state index in [0.717, 1.165) is 16.5 Å². The number of hydrazone groups is 1. The number of carbonyl (C=O) groups excluding carboxylic acids is 1. The third-order valence-electron chi connectivity index (χ3n) is 2.74. The first-order valence-electron chi connectivity index (χ1n) is 5.77. The average Bonchev–Trinajstić information content (AvgIpc) is 3.08. The second-order valence-electron chi connectivity index (χ2n) is 3.97. The monoisotopic (exact) mass is 253 g/mol. The Morgan fingerprint density at radius 3 is 3.00 bits per heavy atom. The molecule has 0 radical (unpaired) electrons. The molecule has 0 unspecified atom stereocenters. The van der Waals surface area contributed by atoms with Crippen LogP contribution in [0.15, 0.2) is 58.4 Å². The molecule has 2 N–H and O–H groups in total. The SMILES string of the molecule is O=C(NN=Cc1c[nH]c2ccccc12)c1ccco1. The molecule has 5 heteroatoms. The van der Waals surface area contributed by atoms with Crippen LogP contribution in [0.2, 0.25) is 0 Å². The number of aromatic nitrogens is 1. The summed E-state index contributed by atoms with van der Waals surface area (Å²) in [7, 11) is 0. The Kier molecular flexibility index (Phi) is 2.86. The van der Waals surface area contributed by atoms with Gasteiger partial charge in [0, 0.05) is 22.7 Å². The van der Waals surface area contributed by atoms with Crippen LogP contribution in [0.5, 0.6) is 0 Å². The van der Waals surface area contributed by atoms with E-state index in [0.29, 0.717) is 0 Å². The van der Waals surface area contributed by atoms with Crippen molar-refractivity contribution in [2.45, 2.75) is 0 Å². The minimum Gasteiger partial charge on any atom is -0.459 e. The maximum Gasteiger partial charge on any atom is 0.307 e. The van der Waals surface area contributed by atoms with Gasteiger partial charge in [-0.05, 0) is 18.2 Å². The molecular weight excluding hydrogens is 242 g/mol. The third kappa shape index (κ3) is 2.26. The molecule has 0 bridgehead atoms. The molecule has 0 aliphatic carbocycles. The number of amides is 1. The van der Waals surface area contributed by atoms with Crippen LogP contribution in [-0.2, 0) is 0 Å². The molecule has 0 fully saturated rings. The Bertz CT molecular complexity index is 726. The van der Waals surface area contributed by atoms with Gasteiger partial charge < -0.3 is 9.40 Å². The van der Waals surface area contributed by atoms with Crippen molar-refractivity contribution in [3.63, 3.8) is 0 Å². The lowest BCUT2D eigenvalue weighted by molar-refractivity contribution is 0.0927. The largest absolute Gasteiger partial charge is 0.459 e. The molecular formula is C14H11N3O2. The van der Waals surface area contributed by atoms with E-state index < -0.39 is 0 Å². The fourth-order valence-electron chi connectivity index (χ4n) is 1.82. The van der Waals surface area contributed by atoms with Crippen LogP contribution in [0, 0.1) is 0 Å². The zero-order valence-electron chi connectivity index (χ0n) is 9.96. The number of hydrogen-bond donors (Lipinski definition) is 2. The lowest BCUT2D eigenvalue weighted by Crippen LogP contribution is -2.16. The van der Waals surface area contributed by atoms with Crippen LogP contribution >= 0.6 is 0 Å². The standard InChI is InChI=1S/C14H11N3O2/c18-14(13-6-3-7-19-13)17-16-9-10-8-15-12-5-2-1-4-11(10)12/h1-9,15H,(H,17,18). The summed E-state index contributed by atoms with van der Waals surface area (Å²) >= 11 is 0. The molecule has 19 heavy (non-hydrogen) atoms. The highest BCUT2D eigenvalue weighted by atomic mass is 16.3. The molecule has 0 saturated carbocycles. The van der Waals surface area contributed by atoms with Gasteiger partial charge in [-0.3, -0.25) is 4.79 Å². The number of H-pyrrole nitrogens is 1. The molecule has 94 valence electrons. The van der Waals surface area contributed by atoms with Crippen LogP contribution < -0.4 is 5.43 Å². The van der Waals surface area contributed by atoms with Crippen molar-refractivity contribution in [2.24, 2.45) is 5.10 Å². The van der Waals surface area contributed by atoms with Gasteiger partial charge in [0.2, 0.25) is 0 Å². The predicted octanol–water partition coefficient (Wildman–Crippen LogP) is 2.52. The molecule has 0 saturated heterocycles. The van der Waals surface area contributed by atoms with E-state index in [1.807, 2.05) is 30.5 Å². The van der Waals surface area contributed by atoms with Gasteiger partial charge in [0.25, 0.3) is 0 Å². The first-order valence-corrected chi connectivity index (χ1v) is 5.77. The summed E-state index contributed by atoms with van der Waals surface area (Å²) in [6.45, 7) is 0.